The van der Waals surface area contributed by atoms with Gasteiger partial charge in [0.15, 0.2) is 11.5 Å². The number of nitrogens with zero attached hydrogens (tertiary/aromatic N) is 5. The van der Waals surface area contributed by atoms with Crippen molar-refractivity contribution in [3.05, 3.63) is 47.5 Å². The first-order valence-corrected chi connectivity index (χ1v) is 12.7. The molecule has 4 rings (SSSR count). The van der Waals surface area contributed by atoms with E-state index in [0.29, 0.717) is 40.0 Å². The number of carbonyl (C=O) groups is 2. The molecule has 10 nitrogen and oxygen atoms in total. The highest BCUT2D eigenvalue weighted by molar-refractivity contribution is 6.30. The number of benzene rings is 2. The first-order valence-electron chi connectivity index (χ1n) is 12.3. The Balaban J connectivity index is 1.57. The average molecular weight is 527 g/mol. The summed E-state index contributed by atoms with van der Waals surface area (Å²) >= 11 is 6.08. The molecule has 1 aromatic heterocycles. The Morgan fingerprint density at radius 1 is 1.11 bits per heavy atom. The normalized spacial score (nSPS) is 14.3. The second-order valence-corrected chi connectivity index (χ2v) is 9.30. The molecule has 1 fully saturated rings. The highest BCUT2D eigenvalue weighted by atomic mass is 35.5. The van der Waals surface area contributed by atoms with E-state index >= 15 is 0 Å². The molecule has 196 valence electrons. The van der Waals surface area contributed by atoms with Gasteiger partial charge < -0.3 is 14.8 Å². The molecule has 2 amide bonds. The second kappa shape index (κ2) is 12.1. The number of nitrogens with one attached hydrogen (secondary N) is 1. The molecule has 0 bridgehead atoms. The summed E-state index contributed by atoms with van der Waals surface area (Å²) in [7, 11) is 3.10. The van der Waals surface area contributed by atoms with E-state index in [1.807, 2.05) is 6.92 Å². The zero-order chi connectivity index (χ0) is 26.4. The monoisotopic (exact) mass is 526 g/mol. The summed E-state index contributed by atoms with van der Waals surface area (Å²) in [6, 6.07) is 11.6. The fourth-order valence-corrected chi connectivity index (χ4v) is 4.68. The lowest BCUT2D eigenvalue weighted by Crippen LogP contribution is -2.52. The molecular formula is C26H31ClN6O4. The average Bonchev–Trinajstić information content (AvgIpc) is 3.59. The lowest BCUT2D eigenvalue weighted by molar-refractivity contribution is -0.127. The topological polar surface area (TPSA) is 111 Å². The van der Waals surface area contributed by atoms with Gasteiger partial charge in [0.2, 0.25) is 11.7 Å². The van der Waals surface area contributed by atoms with E-state index in [4.69, 9.17) is 21.1 Å². The molecule has 1 atom stereocenters. The number of aromatic nitrogens is 4. The van der Waals surface area contributed by atoms with Gasteiger partial charge in [-0.15, -0.1) is 10.2 Å². The molecule has 0 radical (unpaired) electrons. The molecule has 0 unspecified atom stereocenters. The van der Waals surface area contributed by atoms with Crippen molar-refractivity contribution in [2.75, 3.05) is 19.1 Å². The maximum Gasteiger partial charge on any atom is 0.251 e. The molecule has 3 aromatic rings. The Morgan fingerprint density at radius 3 is 2.46 bits per heavy atom. The highest BCUT2D eigenvalue weighted by Gasteiger charge is 2.32. The van der Waals surface area contributed by atoms with Gasteiger partial charge in [-0.05, 0) is 66.9 Å². The van der Waals surface area contributed by atoms with E-state index in [0.717, 1.165) is 25.7 Å². The van der Waals surface area contributed by atoms with Crippen molar-refractivity contribution in [2.24, 2.45) is 0 Å². The van der Waals surface area contributed by atoms with Crippen LogP contribution in [0.5, 0.6) is 11.5 Å². The number of halogens is 1. The summed E-state index contributed by atoms with van der Waals surface area (Å²) < 4.78 is 10.6. The molecule has 1 aliphatic carbocycles. The molecule has 1 N–H and O–H groups in total. The molecule has 0 spiro atoms. The van der Waals surface area contributed by atoms with Crippen molar-refractivity contribution < 1.29 is 19.1 Å². The number of anilines is 1. The molecule has 0 aliphatic heterocycles. The highest BCUT2D eigenvalue weighted by Crippen LogP contribution is 2.31. The molecular weight excluding hydrogens is 496 g/mol. The molecule has 1 aliphatic rings. The lowest BCUT2D eigenvalue weighted by atomic mass is 10.1. The second-order valence-electron chi connectivity index (χ2n) is 8.87. The zero-order valence-electron chi connectivity index (χ0n) is 21.2. The summed E-state index contributed by atoms with van der Waals surface area (Å²) in [4.78, 5) is 29.6. The number of hydrogen-bond acceptors (Lipinski definition) is 7. The van der Waals surface area contributed by atoms with Crippen LogP contribution in [-0.2, 0) is 16.1 Å². The third kappa shape index (κ3) is 6.19. The van der Waals surface area contributed by atoms with E-state index in [2.05, 4.69) is 20.7 Å². The maximum atomic E-state index is 13.6. The van der Waals surface area contributed by atoms with E-state index in [1.165, 1.54) is 9.70 Å². The van der Waals surface area contributed by atoms with Gasteiger partial charge in [-0.2, -0.15) is 4.80 Å². The van der Waals surface area contributed by atoms with Crippen LogP contribution in [0.1, 0.15) is 39.0 Å². The van der Waals surface area contributed by atoms with Crippen molar-refractivity contribution in [3.63, 3.8) is 0 Å². The predicted molar refractivity (Wildman–Crippen MR) is 140 cm³/mol. The minimum Gasteiger partial charge on any atom is -0.493 e. The first kappa shape index (κ1) is 26.4. The van der Waals surface area contributed by atoms with E-state index in [9.17, 15) is 9.59 Å². The molecule has 37 heavy (non-hydrogen) atoms. The van der Waals surface area contributed by atoms with Crippen LogP contribution in [0.2, 0.25) is 5.02 Å². The number of ether oxygens (including phenoxy) is 2. The lowest BCUT2D eigenvalue weighted by Gasteiger charge is -2.31. The number of methoxy groups -OCH3 is 2. The van der Waals surface area contributed by atoms with Gasteiger partial charge in [-0.3, -0.25) is 14.5 Å². The van der Waals surface area contributed by atoms with Crippen LogP contribution in [0.3, 0.4) is 0 Å². The number of amides is 2. The van der Waals surface area contributed by atoms with Crippen molar-refractivity contribution >= 4 is 29.1 Å². The zero-order valence-corrected chi connectivity index (χ0v) is 21.9. The third-order valence-electron chi connectivity index (χ3n) is 6.45. The molecule has 0 saturated heterocycles. The molecule has 2 aromatic carbocycles. The van der Waals surface area contributed by atoms with E-state index < -0.39 is 6.04 Å². The van der Waals surface area contributed by atoms with Crippen LogP contribution < -0.4 is 19.7 Å². The number of carbonyl (C=O) groups excluding carboxylic acids is 2. The summed E-state index contributed by atoms with van der Waals surface area (Å²) in [5.41, 5.74) is 1.23. The van der Waals surface area contributed by atoms with Crippen molar-refractivity contribution in [1.82, 2.24) is 25.5 Å². The minimum absolute atomic E-state index is 0.143. The van der Waals surface area contributed by atoms with Crippen LogP contribution in [0.15, 0.2) is 42.5 Å². The van der Waals surface area contributed by atoms with Gasteiger partial charge in [-0.1, -0.05) is 31.4 Å². The van der Waals surface area contributed by atoms with Gasteiger partial charge in [0.05, 0.1) is 14.2 Å². The van der Waals surface area contributed by atoms with Gasteiger partial charge in [-0.25, -0.2) is 0 Å². The number of tetrazole rings is 1. The van der Waals surface area contributed by atoms with Crippen LogP contribution in [0, 0.1) is 0 Å². The third-order valence-corrected chi connectivity index (χ3v) is 6.70. The van der Waals surface area contributed by atoms with Crippen molar-refractivity contribution in [1.29, 1.82) is 0 Å². The number of rotatable bonds is 10. The first-order chi connectivity index (χ1) is 17.9. The molecule has 11 heteroatoms. The van der Waals surface area contributed by atoms with Crippen molar-refractivity contribution in [2.45, 2.75) is 57.7 Å². The fourth-order valence-electron chi connectivity index (χ4n) is 4.55. The smallest absolute Gasteiger partial charge is 0.251 e. The van der Waals surface area contributed by atoms with E-state index in [1.54, 1.807) is 56.7 Å². The van der Waals surface area contributed by atoms with Crippen LogP contribution >= 0.6 is 11.6 Å². The fraction of sp³-hybridized carbons (Fsp3) is 0.423. The quantitative estimate of drug-likeness (QED) is 0.426. The standard InChI is InChI=1S/C26H31ClN6O4/c1-4-21(26(35)28-19-7-5-6-8-19)33(20-12-10-18(27)11-13-20)24(34)16-32-30-25(29-31-32)17-9-14-22(36-2)23(15-17)37-3/h9-15,19,21H,4-8,16H2,1-3H3,(H,28,35)/t21-/m1/s1. The molecule has 1 heterocycles. The Labute approximate surface area is 220 Å². The summed E-state index contributed by atoms with van der Waals surface area (Å²) in [5.74, 6) is 0.925. The maximum absolute atomic E-state index is 13.6. The Kier molecular flexibility index (Phi) is 8.60. The van der Waals surface area contributed by atoms with Gasteiger partial charge in [0, 0.05) is 22.3 Å². The van der Waals surface area contributed by atoms with Crippen LogP contribution in [0.25, 0.3) is 11.4 Å². The minimum atomic E-state index is -0.692. The van der Waals surface area contributed by atoms with Gasteiger partial charge in [0.1, 0.15) is 12.6 Å². The summed E-state index contributed by atoms with van der Waals surface area (Å²) in [6.45, 7) is 1.69. The number of hydrogen-bond donors (Lipinski definition) is 1. The SMILES string of the molecule is CC[C@H](C(=O)NC1CCCC1)N(C(=O)Cn1nnc(-c2ccc(OC)c(OC)c2)n1)c1ccc(Cl)cc1. The van der Waals surface area contributed by atoms with Crippen LogP contribution in [-0.4, -0.2) is 58.3 Å². The van der Waals surface area contributed by atoms with E-state index in [-0.39, 0.29) is 24.4 Å². The Hall–Kier alpha value is -3.66. The van der Waals surface area contributed by atoms with Gasteiger partial charge in [0.25, 0.3) is 5.91 Å². The molecule has 1 saturated carbocycles. The summed E-state index contributed by atoms with van der Waals surface area (Å²) in [6.07, 6.45) is 4.55. The Morgan fingerprint density at radius 2 is 1.81 bits per heavy atom. The van der Waals surface area contributed by atoms with Crippen LogP contribution in [0.4, 0.5) is 5.69 Å². The largest absolute Gasteiger partial charge is 0.493 e. The Bertz CT molecular complexity index is 1230. The predicted octanol–water partition coefficient (Wildman–Crippen LogP) is 3.88. The van der Waals surface area contributed by atoms with Gasteiger partial charge >= 0.3 is 0 Å². The van der Waals surface area contributed by atoms with Crippen molar-refractivity contribution in [3.8, 4) is 22.9 Å². The summed E-state index contributed by atoms with van der Waals surface area (Å²) in [5, 5.41) is 16.2.